The molecule has 2 rings (SSSR count). The number of pyridine rings is 1. The number of rotatable bonds is 6. The fourth-order valence-electron chi connectivity index (χ4n) is 1.73. The van der Waals surface area contributed by atoms with E-state index in [0.29, 0.717) is 10.6 Å². The normalized spacial score (nSPS) is 11.2. The van der Waals surface area contributed by atoms with Crippen molar-refractivity contribution in [3.05, 3.63) is 65.5 Å². The molecule has 7 heteroatoms. The van der Waals surface area contributed by atoms with Crippen molar-refractivity contribution in [1.82, 2.24) is 9.71 Å². The van der Waals surface area contributed by atoms with Gasteiger partial charge in [0.15, 0.2) is 0 Å². The van der Waals surface area contributed by atoms with Gasteiger partial charge in [0.1, 0.15) is 4.99 Å². The Hall–Kier alpha value is -1.83. The highest BCUT2D eigenvalue weighted by molar-refractivity contribution is 7.88. The Morgan fingerprint density at radius 2 is 1.71 bits per heavy atom. The topological polar surface area (TPSA) is 85.1 Å². The SMILES string of the molecule is NC(=S)c1ccc(CS(=O)(=O)NCc2ccncc2)cc1. The molecule has 0 aliphatic heterocycles. The lowest BCUT2D eigenvalue weighted by molar-refractivity contribution is 0.580. The van der Waals surface area contributed by atoms with Crippen LogP contribution in [0, 0.1) is 0 Å². The van der Waals surface area contributed by atoms with Crippen LogP contribution in [0.2, 0.25) is 0 Å². The molecular weight excluding hydrogens is 306 g/mol. The molecule has 0 radical (unpaired) electrons. The predicted molar refractivity (Wildman–Crippen MR) is 86.0 cm³/mol. The minimum Gasteiger partial charge on any atom is -0.389 e. The molecule has 0 unspecified atom stereocenters. The summed E-state index contributed by atoms with van der Waals surface area (Å²) in [6, 6.07) is 10.4. The molecular formula is C14H15N3O2S2. The van der Waals surface area contributed by atoms with Gasteiger partial charge < -0.3 is 5.73 Å². The number of hydrogen-bond donors (Lipinski definition) is 2. The zero-order valence-corrected chi connectivity index (χ0v) is 12.8. The molecule has 0 atom stereocenters. The molecule has 3 N–H and O–H groups in total. The monoisotopic (exact) mass is 321 g/mol. The third-order valence-electron chi connectivity index (χ3n) is 2.84. The average molecular weight is 321 g/mol. The van der Waals surface area contributed by atoms with Crippen molar-refractivity contribution >= 4 is 27.2 Å². The number of sulfonamides is 1. The van der Waals surface area contributed by atoms with Crippen molar-refractivity contribution in [3.63, 3.8) is 0 Å². The second-order valence-electron chi connectivity index (χ2n) is 4.50. The third-order valence-corrected chi connectivity index (χ3v) is 4.37. The van der Waals surface area contributed by atoms with Gasteiger partial charge in [-0.1, -0.05) is 36.5 Å². The summed E-state index contributed by atoms with van der Waals surface area (Å²) in [6.07, 6.45) is 3.25. The summed E-state index contributed by atoms with van der Waals surface area (Å²) >= 11 is 4.85. The Morgan fingerprint density at radius 1 is 1.10 bits per heavy atom. The summed E-state index contributed by atoms with van der Waals surface area (Å²) in [6.45, 7) is 0.246. The summed E-state index contributed by atoms with van der Waals surface area (Å²) in [5, 5.41) is 0. The van der Waals surface area contributed by atoms with Crippen LogP contribution in [0.15, 0.2) is 48.8 Å². The Morgan fingerprint density at radius 3 is 2.29 bits per heavy atom. The lowest BCUT2D eigenvalue weighted by atomic mass is 10.1. The maximum Gasteiger partial charge on any atom is 0.216 e. The van der Waals surface area contributed by atoms with E-state index in [2.05, 4.69) is 9.71 Å². The first kappa shape index (κ1) is 15.6. The van der Waals surface area contributed by atoms with Crippen LogP contribution >= 0.6 is 12.2 Å². The molecule has 0 fully saturated rings. The molecule has 0 aliphatic rings. The molecule has 0 spiro atoms. The van der Waals surface area contributed by atoms with Gasteiger partial charge in [-0.05, 0) is 23.3 Å². The number of benzene rings is 1. The Kier molecular flexibility index (Phi) is 5.00. The standard InChI is InChI=1S/C14H15N3O2S2/c15-14(20)13-3-1-12(2-4-13)10-21(18,19)17-9-11-5-7-16-8-6-11/h1-8,17H,9-10H2,(H2,15,20). The Labute approximate surface area is 129 Å². The minimum atomic E-state index is -3.40. The molecule has 2 aromatic rings. The minimum absolute atomic E-state index is 0.0876. The van der Waals surface area contributed by atoms with Crippen molar-refractivity contribution < 1.29 is 8.42 Å². The summed E-state index contributed by atoms with van der Waals surface area (Å²) < 4.78 is 26.6. The zero-order chi connectivity index (χ0) is 15.3. The van der Waals surface area contributed by atoms with E-state index in [9.17, 15) is 8.42 Å². The first-order valence-corrected chi connectivity index (χ1v) is 8.27. The molecule has 1 aromatic heterocycles. The quantitative estimate of drug-likeness (QED) is 0.784. The molecule has 0 saturated heterocycles. The summed E-state index contributed by atoms with van der Waals surface area (Å²) in [7, 11) is -3.40. The van der Waals surface area contributed by atoms with E-state index in [0.717, 1.165) is 11.1 Å². The van der Waals surface area contributed by atoms with E-state index in [1.807, 2.05) is 0 Å². The van der Waals surface area contributed by atoms with Crippen LogP contribution in [0.25, 0.3) is 0 Å². The van der Waals surface area contributed by atoms with Crippen LogP contribution in [0.1, 0.15) is 16.7 Å². The molecule has 0 amide bonds. The molecule has 110 valence electrons. The van der Waals surface area contributed by atoms with E-state index in [-0.39, 0.29) is 12.3 Å². The van der Waals surface area contributed by atoms with Crippen LogP contribution in [0.5, 0.6) is 0 Å². The average Bonchev–Trinajstić information content (AvgIpc) is 2.46. The highest BCUT2D eigenvalue weighted by atomic mass is 32.2. The van der Waals surface area contributed by atoms with Crippen molar-refractivity contribution in [2.24, 2.45) is 5.73 Å². The van der Waals surface area contributed by atoms with Crippen molar-refractivity contribution in [2.45, 2.75) is 12.3 Å². The van der Waals surface area contributed by atoms with Crippen molar-refractivity contribution in [1.29, 1.82) is 0 Å². The van der Waals surface area contributed by atoms with Gasteiger partial charge in [-0.15, -0.1) is 0 Å². The number of hydrogen-bond acceptors (Lipinski definition) is 4. The van der Waals surface area contributed by atoms with Gasteiger partial charge in [-0.3, -0.25) is 4.98 Å². The number of nitrogens with zero attached hydrogens (tertiary/aromatic N) is 1. The molecule has 0 saturated carbocycles. The molecule has 1 aromatic carbocycles. The van der Waals surface area contributed by atoms with Gasteiger partial charge in [0, 0.05) is 24.5 Å². The van der Waals surface area contributed by atoms with Gasteiger partial charge >= 0.3 is 0 Å². The number of nitrogens with two attached hydrogens (primary N) is 1. The van der Waals surface area contributed by atoms with Crippen molar-refractivity contribution in [2.75, 3.05) is 0 Å². The molecule has 5 nitrogen and oxygen atoms in total. The smallest absolute Gasteiger partial charge is 0.216 e. The maximum absolute atomic E-state index is 12.0. The van der Waals surface area contributed by atoms with Gasteiger partial charge in [-0.2, -0.15) is 0 Å². The summed E-state index contributed by atoms with van der Waals surface area (Å²) in [5.74, 6) is -0.0876. The van der Waals surface area contributed by atoms with Crippen LogP contribution in [-0.2, 0) is 22.3 Å². The molecule has 0 bridgehead atoms. The van der Waals surface area contributed by atoms with E-state index < -0.39 is 10.0 Å². The van der Waals surface area contributed by atoms with Gasteiger partial charge in [0.05, 0.1) is 5.75 Å². The second kappa shape index (κ2) is 6.75. The van der Waals surface area contributed by atoms with Crippen LogP contribution in [0.4, 0.5) is 0 Å². The van der Waals surface area contributed by atoms with Crippen LogP contribution in [-0.4, -0.2) is 18.4 Å². The zero-order valence-electron chi connectivity index (χ0n) is 11.2. The van der Waals surface area contributed by atoms with Crippen molar-refractivity contribution in [3.8, 4) is 0 Å². The summed E-state index contributed by atoms with van der Waals surface area (Å²) in [5.41, 5.74) is 7.75. The van der Waals surface area contributed by atoms with Gasteiger partial charge in [-0.25, -0.2) is 13.1 Å². The Balaban J connectivity index is 1.99. The first-order valence-electron chi connectivity index (χ1n) is 6.21. The van der Waals surface area contributed by atoms with Gasteiger partial charge in [0.2, 0.25) is 10.0 Å². The van der Waals surface area contributed by atoms with Gasteiger partial charge in [0.25, 0.3) is 0 Å². The third kappa shape index (κ3) is 4.89. The first-order chi connectivity index (χ1) is 9.96. The fourth-order valence-corrected chi connectivity index (χ4v) is 2.99. The predicted octanol–water partition coefficient (Wildman–Crippen LogP) is 1.34. The van der Waals surface area contributed by atoms with E-state index in [1.54, 1.807) is 48.8 Å². The second-order valence-corrected chi connectivity index (χ2v) is 6.74. The lowest BCUT2D eigenvalue weighted by Crippen LogP contribution is -2.24. The highest BCUT2D eigenvalue weighted by Crippen LogP contribution is 2.08. The van der Waals surface area contributed by atoms with Crippen LogP contribution < -0.4 is 10.5 Å². The van der Waals surface area contributed by atoms with E-state index >= 15 is 0 Å². The number of nitrogens with one attached hydrogen (secondary N) is 1. The Bertz CT molecular complexity index is 714. The largest absolute Gasteiger partial charge is 0.389 e. The van der Waals surface area contributed by atoms with E-state index in [1.165, 1.54) is 0 Å². The number of thiocarbonyl (C=S) groups is 1. The molecule has 21 heavy (non-hydrogen) atoms. The summed E-state index contributed by atoms with van der Waals surface area (Å²) in [4.78, 5) is 4.17. The molecule has 0 aliphatic carbocycles. The lowest BCUT2D eigenvalue weighted by Gasteiger charge is -2.07. The number of aromatic nitrogens is 1. The maximum atomic E-state index is 12.0. The fraction of sp³-hybridized carbons (Fsp3) is 0.143. The van der Waals surface area contributed by atoms with Crippen LogP contribution in [0.3, 0.4) is 0 Å². The highest BCUT2D eigenvalue weighted by Gasteiger charge is 2.11. The van der Waals surface area contributed by atoms with E-state index in [4.69, 9.17) is 18.0 Å². The molecule has 1 heterocycles.